The number of benzene rings is 1. The largest absolute Gasteiger partial charge is 0.482 e. The number of ether oxygens (including phenoxy) is 2. The van der Waals surface area contributed by atoms with Gasteiger partial charge in [0.1, 0.15) is 11.6 Å². The standard InChI is InChI=1S/C15H18FNO4/c16-11-5-7-13(8-6-11)20-10-15(19)21-9-14(18)17-12-3-1-2-4-12/h5-8,12H,1-4,9-10H2,(H,17,18). The number of nitrogens with one attached hydrogen (secondary N) is 1. The molecule has 0 unspecified atom stereocenters. The van der Waals surface area contributed by atoms with Crippen molar-refractivity contribution in [3.8, 4) is 5.75 Å². The Morgan fingerprint density at radius 3 is 2.48 bits per heavy atom. The maximum Gasteiger partial charge on any atom is 0.344 e. The molecule has 0 radical (unpaired) electrons. The molecule has 0 heterocycles. The van der Waals surface area contributed by atoms with Gasteiger partial charge in [0, 0.05) is 6.04 Å². The van der Waals surface area contributed by atoms with E-state index in [9.17, 15) is 14.0 Å². The fourth-order valence-corrected chi connectivity index (χ4v) is 2.20. The van der Waals surface area contributed by atoms with Crippen molar-refractivity contribution in [3.05, 3.63) is 30.1 Å². The normalized spacial score (nSPS) is 14.7. The van der Waals surface area contributed by atoms with Crippen molar-refractivity contribution in [1.82, 2.24) is 5.32 Å². The first-order valence-electron chi connectivity index (χ1n) is 6.97. The molecule has 1 saturated carbocycles. The summed E-state index contributed by atoms with van der Waals surface area (Å²) in [7, 11) is 0. The topological polar surface area (TPSA) is 64.6 Å². The Balaban J connectivity index is 1.62. The Bertz CT molecular complexity index is 483. The number of esters is 1. The van der Waals surface area contributed by atoms with Gasteiger partial charge < -0.3 is 14.8 Å². The van der Waals surface area contributed by atoms with E-state index in [-0.39, 0.29) is 31.0 Å². The highest BCUT2D eigenvalue weighted by molar-refractivity contribution is 5.81. The Morgan fingerprint density at radius 2 is 1.81 bits per heavy atom. The molecule has 0 atom stereocenters. The highest BCUT2D eigenvalue weighted by atomic mass is 19.1. The summed E-state index contributed by atoms with van der Waals surface area (Å²) in [5.74, 6) is -0.949. The summed E-state index contributed by atoms with van der Waals surface area (Å²) in [6.45, 7) is -0.621. The van der Waals surface area contributed by atoms with Gasteiger partial charge in [0.05, 0.1) is 0 Å². The van der Waals surface area contributed by atoms with Crippen molar-refractivity contribution < 1.29 is 23.5 Å². The van der Waals surface area contributed by atoms with Gasteiger partial charge in [-0.2, -0.15) is 0 Å². The molecule has 1 fully saturated rings. The van der Waals surface area contributed by atoms with E-state index >= 15 is 0 Å². The number of hydrogen-bond donors (Lipinski definition) is 1. The molecule has 1 aromatic rings. The van der Waals surface area contributed by atoms with E-state index in [1.807, 2.05) is 0 Å². The van der Waals surface area contributed by atoms with Crippen LogP contribution in [0.5, 0.6) is 5.75 Å². The number of amides is 1. The van der Waals surface area contributed by atoms with Crippen LogP contribution in [-0.4, -0.2) is 31.1 Å². The third-order valence-electron chi connectivity index (χ3n) is 3.25. The van der Waals surface area contributed by atoms with Crippen molar-refractivity contribution in [1.29, 1.82) is 0 Å². The van der Waals surface area contributed by atoms with Gasteiger partial charge in [0.25, 0.3) is 5.91 Å². The van der Waals surface area contributed by atoms with Gasteiger partial charge in [-0.25, -0.2) is 9.18 Å². The number of halogens is 1. The first-order valence-corrected chi connectivity index (χ1v) is 6.97. The van der Waals surface area contributed by atoms with Crippen LogP contribution in [0.2, 0.25) is 0 Å². The minimum atomic E-state index is -0.638. The Labute approximate surface area is 122 Å². The third-order valence-corrected chi connectivity index (χ3v) is 3.25. The van der Waals surface area contributed by atoms with Gasteiger partial charge in [0.2, 0.25) is 0 Å². The lowest BCUT2D eigenvalue weighted by Gasteiger charge is -2.12. The zero-order valence-electron chi connectivity index (χ0n) is 11.6. The number of carbonyl (C=O) groups excluding carboxylic acids is 2. The lowest BCUT2D eigenvalue weighted by atomic mass is 10.2. The first-order chi connectivity index (χ1) is 10.1. The van der Waals surface area contributed by atoms with Crippen molar-refractivity contribution >= 4 is 11.9 Å². The number of carbonyl (C=O) groups is 2. The Morgan fingerprint density at radius 1 is 1.14 bits per heavy atom. The van der Waals surface area contributed by atoms with Crippen LogP contribution in [-0.2, 0) is 14.3 Å². The van der Waals surface area contributed by atoms with E-state index in [4.69, 9.17) is 9.47 Å². The van der Waals surface area contributed by atoms with Crippen LogP contribution in [0.3, 0.4) is 0 Å². The second kappa shape index (κ2) is 7.61. The molecule has 5 nitrogen and oxygen atoms in total. The highest BCUT2D eigenvalue weighted by Gasteiger charge is 2.17. The molecule has 0 spiro atoms. The molecule has 0 aliphatic heterocycles. The van der Waals surface area contributed by atoms with Gasteiger partial charge in [-0.1, -0.05) is 12.8 Å². The third kappa shape index (κ3) is 5.41. The summed E-state index contributed by atoms with van der Waals surface area (Å²) < 4.78 is 22.6. The minimum absolute atomic E-state index is 0.201. The van der Waals surface area contributed by atoms with Gasteiger partial charge in [0.15, 0.2) is 13.2 Å². The molecule has 0 bridgehead atoms. The summed E-state index contributed by atoms with van der Waals surface area (Å²) >= 11 is 0. The van der Waals surface area contributed by atoms with Crippen LogP contribution in [0.1, 0.15) is 25.7 Å². The van der Waals surface area contributed by atoms with Crippen LogP contribution in [0.25, 0.3) is 0 Å². The average Bonchev–Trinajstić information content (AvgIpc) is 2.97. The molecule has 1 aliphatic rings. The van der Waals surface area contributed by atoms with Crippen LogP contribution in [0, 0.1) is 5.82 Å². The minimum Gasteiger partial charge on any atom is -0.482 e. The molecule has 1 aliphatic carbocycles. The lowest BCUT2D eigenvalue weighted by Crippen LogP contribution is -2.36. The lowest BCUT2D eigenvalue weighted by molar-refractivity contribution is -0.150. The maximum absolute atomic E-state index is 12.7. The van der Waals surface area contributed by atoms with Crippen LogP contribution >= 0.6 is 0 Å². The summed E-state index contributed by atoms with van der Waals surface area (Å²) in [5, 5.41) is 2.82. The van der Waals surface area contributed by atoms with Crippen LogP contribution in [0.4, 0.5) is 4.39 Å². The molecular formula is C15H18FNO4. The molecule has 1 aromatic carbocycles. The van der Waals surface area contributed by atoms with Gasteiger partial charge in [-0.3, -0.25) is 4.79 Å². The van der Waals surface area contributed by atoms with Crippen molar-refractivity contribution in [3.63, 3.8) is 0 Å². The maximum atomic E-state index is 12.7. The second-order valence-electron chi connectivity index (χ2n) is 4.95. The molecule has 0 saturated heterocycles. The monoisotopic (exact) mass is 295 g/mol. The quantitative estimate of drug-likeness (QED) is 0.813. The van der Waals surface area contributed by atoms with Crippen molar-refractivity contribution in [2.75, 3.05) is 13.2 Å². The summed E-state index contributed by atoms with van der Waals surface area (Å²) in [6.07, 6.45) is 4.20. The van der Waals surface area contributed by atoms with E-state index in [0.29, 0.717) is 5.75 Å². The smallest absolute Gasteiger partial charge is 0.344 e. The van der Waals surface area contributed by atoms with E-state index in [0.717, 1.165) is 25.7 Å². The Kier molecular flexibility index (Phi) is 5.54. The Hall–Kier alpha value is -2.11. The fraction of sp³-hybridized carbons (Fsp3) is 0.467. The molecule has 1 amide bonds. The molecule has 2 rings (SSSR count). The highest BCUT2D eigenvalue weighted by Crippen LogP contribution is 2.17. The predicted molar refractivity (Wildman–Crippen MR) is 73.3 cm³/mol. The zero-order valence-corrected chi connectivity index (χ0v) is 11.6. The number of hydrogen-bond acceptors (Lipinski definition) is 4. The number of rotatable bonds is 6. The molecule has 6 heteroatoms. The van der Waals surface area contributed by atoms with E-state index in [1.165, 1.54) is 24.3 Å². The van der Waals surface area contributed by atoms with Crippen LogP contribution in [0.15, 0.2) is 24.3 Å². The predicted octanol–water partition coefficient (Wildman–Crippen LogP) is 1.81. The first kappa shape index (κ1) is 15.3. The average molecular weight is 295 g/mol. The van der Waals surface area contributed by atoms with Gasteiger partial charge in [-0.05, 0) is 37.1 Å². The van der Waals surface area contributed by atoms with Crippen molar-refractivity contribution in [2.45, 2.75) is 31.7 Å². The van der Waals surface area contributed by atoms with E-state index < -0.39 is 5.97 Å². The molecule has 21 heavy (non-hydrogen) atoms. The summed E-state index contributed by atoms with van der Waals surface area (Å²) in [4.78, 5) is 23.0. The summed E-state index contributed by atoms with van der Waals surface area (Å²) in [5.41, 5.74) is 0. The molecule has 1 N–H and O–H groups in total. The molecule has 114 valence electrons. The zero-order chi connectivity index (χ0) is 15.1. The summed E-state index contributed by atoms with van der Waals surface area (Å²) in [6, 6.07) is 5.49. The van der Waals surface area contributed by atoms with Crippen molar-refractivity contribution in [2.24, 2.45) is 0 Å². The van der Waals surface area contributed by atoms with Crippen LogP contribution < -0.4 is 10.1 Å². The second-order valence-corrected chi connectivity index (χ2v) is 4.95. The molecule has 0 aromatic heterocycles. The van der Waals surface area contributed by atoms with E-state index in [2.05, 4.69) is 5.32 Å². The SMILES string of the molecule is O=C(COC(=O)COc1ccc(F)cc1)NC1CCCC1. The fourth-order valence-electron chi connectivity index (χ4n) is 2.20. The van der Waals surface area contributed by atoms with Gasteiger partial charge in [-0.15, -0.1) is 0 Å². The van der Waals surface area contributed by atoms with E-state index in [1.54, 1.807) is 0 Å². The molecular weight excluding hydrogens is 277 g/mol. The van der Waals surface area contributed by atoms with Gasteiger partial charge >= 0.3 is 5.97 Å².